The summed E-state index contributed by atoms with van der Waals surface area (Å²) in [6.07, 6.45) is -3.46. The third kappa shape index (κ3) is 5.22. The minimum absolute atomic E-state index is 0.0293. The number of alkyl halides is 3. The Morgan fingerprint density at radius 2 is 1.75 bits per heavy atom. The Labute approximate surface area is 117 Å². The predicted octanol–water partition coefficient (Wildman–Crippen LogP) is 3.79. The van der Waals surface area contributed by atoms with Crippen molar-refractivity contribution in [1.29, 1.82) is 0 Å². The van der Waals surface area contributed by atoms with Crippen LogP contribution in [0.25, 0.3) is 0 Å². The van der Waals surface area contributed by atoms with Crippen LogP contribution in [0.4, 0.5) is 24.8 Å². The van der Waals surface area contributed by atoms with Gasteiger partial charge >= 0.3 is 6.18 Å². The second-order valence-corrected chi connectivity index (χ2v) is 4.82. The molecule has 7 heteroatoms. The fraction of sp³-hybridized carbons (Fsp3) is 0.692. The van der Waals surface area contributed by atoms with Gasteiger partial charge in [0.05, 0.1) is 0 Å². The van der Waals surface area contributed by atoms with E-state index in [1.807, 2.05) is 20.8 Å². The Bertz CT molecular complexity index is 419. The van der Waals surface area contributed by atoms with Crippen molar-refractivity contribution in [2.75, 3.05) is 23.7 Å². The van der Waals surface area contributed by atoms with Gasteiger partial charge in [-0.15, -0.1) is 0 Å². The molecule has 0 atom stereocenters. The van der Waals surface area contributed by atoms with E-state index in [-0.39, 0.29) is 18.9 Å². The lowest BCUT2D eigenvalue weighted by atomic mass is 10.0. The van der Waals surface area contributed by atoms with Crippen LogP contribution in [-0.2, 0) is 0 Å². The molecule has 0 spiro atoms. The SMILES string of the molecule is CCNc1ncnc(NCCCC(F)(F)F)c1C(C)C. The quantitative estimate of drug-likeness (QED) is 0.750. The molecule has 20 heavy (non-hydrogen) atoms. The maximum absolute atomic E-state index is 12.1. The molecule has 0 aliphatic rings. The van der Waals surface area contributed by atoms with Gasteiger partial charge in [0.25, 0.3) is 0 Å². The van der Waals surface area contributed by atoms with Crippen molar-refractivity contribution in [2.45, 2.75) is 45.7 Å². The fourth-order valence-corrected chi connectivity index (χ4v) is 1.89. The van der Waals surface area contributed by atoms with Crippen LogP contribution < -0.4 is 10.6 Å². The van der Waals surface area contributed by atoms with Gasteiger partial charge in [0.2, 0.25) is 0 Å². The fourth-order valence-electron chi connectivity index (χ4n) is 1.89. The summed E-state index contributed by atoms with van der Waals surface area (Å²) in [5, 5.41) is 6.12. The van der Waals surface area contributed by atoms with E-state index in [0.717, 1.165) is 17.9 Å². The van der Waals surface area contributed by atoms with Gasteiger partial charge in [0.1, 0.15) is 18.0 Å². The largest absolute Gasteiger partial charge is 0.389 e. The zero-order chi connectivity index (χ0) is 15.2. The Balaban J connectivity index is 2.71. The molecule has 0 fully saturated rings. The zero-order valence-electron chi connectivity index (χ0n) is 12.0. The van der Waals surface area contributed by atoms with Gasteiger partial charge in [0.15, 0.2) is 0 Å². The first-order chi connectivity index (χ1) is 9.35. The molecule has 0 unspecified atom stereocenters. The highest BCUT2D eigenvalue weighted by molar-refractivity contribution is 5.58. The number of aromatic nitrogens is 2. The number of hydrogen-bond donors (Lipinski definition) is 2. The molecule has 1 aromatic heterocycles. The minimum atomic E-state index is -4.11. The molecule has 1 aromatic rings. The van der Waals surface area contributed by atoms with Gasteiger partial charge in [-0.3, -0.25) is 0 Å². The van der Waals surface area contributed by atoms with Gasteiger partial charge in [-0.1, -0.05) is 13.8 Å². The van der Waals surface area contributed by atoms with Crippen LogP contribution in [-0.4, -0.2) is 29.2 Å². The first kappa shape index (κ1) is 16.5. The Morgan fingerprint density at radius 3 is 2.25 bits per heavy atom. The second-order valence-electron chi connectivity index (χ2n) is 4.82. The molecule has 0 amide bonds. The van der Waals surface area contributed by atoms with Gasteiger partial charge in [-0.25, -0.2) is 9.97 Å². The molecule has 0 bridgehead atoms. The molecule has 0 aromatic carbocycles. The van der Waals surface area contributed by atoms with Crippen LogP contribution in [0, 0.1) is 0 Å². The number of nitrogens with one attached hydrogen (secondary N) is 2. The lowest BCUT2D eigenvalue weighted by molar-refractivity contribution is -0.134. The first-order valence-corrected chi connectivity index (χ1v) is 6.74. The van der Waals surface area contributed by atoms with E-state index < -0.39 is 12.6 Å². The molecule has 0 aliphatic heterocycles. The summed E-state index contributed by atoms with van der Waals surface area (Å²) in [6, 6.07) is 0. The van der Waals surface area contributed by atoms with E-state index in [1.165, 1.54) is 6.33 Å². The molecule has 0 saturated heterocycles. The summed E-state index contributed by atoms with van der Waals surface area (Å²) >= 11 is 0. The van der Waals surface area contributed by atoms with Crippen molar-refractivity contribution in [3.05, 3.63) is 11.9 Å². The molecule has 4 nitrogen and oxygen atoms in total. The van der Waals surface area contributed by atoms with Crippen molar-refractivity contribution in [3.8, 4) is 0 Å². The summed E-state index contributed by atoms with van der Waals surface area (Å²) in [7, 11) is 0. The lowest BCUT2D eigenvalue weighted by Crippen LogP contribution is -2.14. The van der Waals surface area contributed by atoms with E-state index in [4.69, 9.17) is 0 Å². The smallest absolute Gasteiger partial charge is 0.370 e. The first-order valence-electron chi connectivity index (χ1n) is 6.74. The molecular formula is C13H21F3N4. The number of nitrogens with zero attached hydrogens (tertiary/aromatic N) is 2. The molecule has 0 radical (unpaired) electrons. The highest BCUT2D eigenvalue weighted by Crippen LogP contribution is 2.28. The molecule has 0 saturated carbocycles. The normalized spacial score (nSPS) is 11.8. The number of anilines is 2. The number of hydrogen-bond acceptors (Lipinski definition) is 4. The Morgan fingerprint density at radius 1 is 1.15 bits per heavy atom. The van der Waals surface area contributed by atoms with Gasteiger partial charge in [-0.05, 0) is 19.3 Å². The van der Waals surface area contributed by atoms with Crippen LogP contribution in [0.5, 0.6) is 0 Å². The van der Waals surface area contributed by atoms with Crippen LogP contribution in [0.1, 0.15) is 45.1 Å². The van der Waals surface area contributed by atoms with E-state index in [1.54, 1.807) is 0 Å². The van der Waals surface area contributed by atoms with E-state index in [2.05, 4.69) is 20.6 Å². The highest BCUT2D eigenvalue weighted by atomic mass is 19.4. The van der Waals surface area contributed by atoms with Crippen molar-refractivity contribution in [2.24, 2.45) is 0 Å². The number of rotatable bonds is 7. The predicted molar refractivity (Wildman–Crippen MR) is 74.1 cm³/mol. The van der Waals surface area contributed by atoms with Gasteiger partial charge in [-0.2, -0.15) is 13.2 Å². The van der Waals surface area contributed by atoms with Crippen LogP contribution >= 0.6 is 0 Å². The Hall–Kier alpha value is -1.53. The monoisotopic (exact) mass is 290 g/mol. The second kappa shape index (κ2) is 7.31. The third-order valence-electron chi connectivity index (χ3n) is 2.73. The van der Waals surface area contributed by atoms with E-state index in [9.17, 15) is 13.2 Å². The summed E-state index contributed by atoms with van der Waals surface area (Å²) < 4.78 is 36.3. The molecule has 1 heterocycles. The standard InChI is InChI=1S/C13H21F3N4/c1-4-17-11-10(9(2)3)12(20-8-19-11)18-7-5-6-13(14,15)16/h8-9H,4-7H2,1-3H3,(H2,17,18,19,20). The number of halogens is 3. The van der Waals surface area contributed by atoms with Gasteiger partial charge < -0.3 is 10.6 Å². The van der Waals surface area contributed by atoms with Crippen molar-refractivity contribution in [3.63, 3.8) is 0 Å². The van der Waals surface area contributed by atoms with Gasteiger partial charge in [0, 0.05) is 25.1 Å². The summed E-state index contributed by atoms with van der Waals surface area (Å²) in [5.41, 5.74) is 0.904. The van der Waals surface area contributed by atoms with Crippen LogP contribution in [0.3, 0.4) is 0 Å². The zero-order valence-corrected chi connectivity index (χ0v) is 12.0. The summed E-state index contributed by atoms with van der Waals surface area (Å²) in [6.45, 7) is 6.93. The highest BCUT2D eigenvalue weighted by Gasteiger charge is 2.26. The minimum Gasteiger partial charge on any atom is -0.370 e. The topological polar surface area (TPSA) is 49.8 Å². The Kier molecular flexibility index (Phi) is 6.04. The molecule has 1 rings (SSSR count). The van der Waals surface area contributed by atoms with Crippen LogP contribution in [0.2, 0.25) is 0 Å². The van der Waals surface area contributed by atoms with E-state index >= 15 is 0 Å². The average molecular weight is 290 g/mol. The maximum Gasteiger partial charge on any atom is 0.389 e. The van der Waals surface area contributed by atoms with Crippen molar-refractivity contribution in [1.82, 2.24) is 9.97 Å². The van der Waals surface area contributed by atoms with Crippen LogP contribution in [0.15, 0.2) is 6.33 Å². The van der Waals surface area contributed by atoms with E-state index in [0.29, 0.717) is 5.82 Å². The van der Waals surface area contributed by atoms with Crippen molar-refractivity contribution >= 4 is 11.6 Å². The van der Waals surface area contributed by atoms with Crippen molar-refractivity contribution < 1.29 is 13.2 Å². The lowest BCUT2D eigenvalue weighted by Gasteiger charge is -2.17. The third-order valence-corrected chi connectivity index (χ3v) is 2.73. The average Bonchev–Trinajstić information content (AvgIpc) is 2.33. The molecule has 0 aliphatic carbocycles. The summed E-state index contributed by atoms with van der Waals surface area (Å²) in [5.74, 6) is 1.51. The molecule has 2 N–H and O–H groups in total. The summed E-state index contributed by atoms with van der Waals surface area (Å²) in [4.78, 5) is 8.31. The maximum atomic E-state index is 12.1. The molecule has 114 valence electrons. The molecular weight excluding hydrogens is 269 g/mol.